The van der Waals surface area contributed by atoms with Crippen LogP contribution in [0, 0.1) is 13.8 Å². The molecular weight excluding hydrogens is 312 g/mol. The molecule has 0 bridgehead atoms. The number of carbonyl (C=O) groups is 1. The quantitative estimate of drug-likeness (QED) is 0.864. The summed E-state index contributed by atoms with van der Waals surface area (Å²) < 4.78 is 10.2. The molecule has 24 heavy (non-hydrogen) atoms. The molecular formula is C15H22N6O3. The van der Waals surface area contributed by atoms with Crippen LogP contribution in [0.5, 0.6) is 0 Å². The van der Waals surface area contributed by atoms with Crippen molar-refractivity contribution in [3.63, 3.8) is 0 Å². The van der Waals surface area contributed by atoms with Gasteiger partial charge >= 0.3 is 0 Å². The second kappa shape index (κ2) is 7.10. The molecule has 1 amide bonds. The molecule has 2 aromatic rings. The number of anilines is 1. The molecule has 1 saturated heterocycles. The first-order chi connectivity index (χ1) is 11.5. The van der Waals surface area contributed by atoms with E-state index in [-0.39, 0.29) is 11.9 Å². The number of rotatable bonds is 5. The highest BCUT2D eigenvalue weighted by Gasteiger charge is 2.26. The smallest absolute Gasteiger partial charge is 0.243 e. The largest absolute Gasteiger partial charge is 0.338 e. The highest BCUT2D eigenvalue weighted by Crippen LogP contribution is 2.20. The summed E-state index contributed by atoms with van der Waals surface area (Å²) in [5.74, 6) is 1.57. The molecule has 3 heterocycles. The van der Waals surface area contributed by atoms with Crippen LogP contribution in [0.15, 0.2) is 15.1 Å². The van der Waals surface area contributed by atoms with Gasteiger partial charge in [-0.3, -0.25) is 19.9 Å². The van der Waals surface area contributed by atoms with Gasteiger partial charge in [0.1, 0.15) is 0 Å². The third-order valence-corrected chi connectivity index (χ3v) is 4.11. The van der Waals surface area contributed by atoms with E-state index in [4.69, 9.17) is 9.05 Å². The molecule has 0 spiro atoms. The number of hydrogen-bond acceptors (Lipinski definition) is 8. The van der Waals surface area contributed by atoms with E-state index in [1.165, 1.54) is 0 Å². The van der Waals surface area contributed by atoms with Crippen molar-refractivity contribution in [1.82, 2.24) is 25.1 Å². The van der Waals surface area contributed by atoms with Crippen molar-refractivity contribution in [1.29, 1.82) is 0 Å². The molecule has 1 unspecified atom stereocenters. The maximum Gasteiger partial charge on any atom is 0.243 e. The van der Waals surface area contributed by atoms with E-state index >= 15 is 0 Å². The molecule has 9 heteroatoms. The summed E-state index contributed by atoms with van der Waals surface area (Å²) in [4.78, 5) is 20.7. The second-order valence-corrected chi connectivity index (χ2v) is 6.05. The lowest BCUT2D eigenvalue weighted by Crippen LogP contribution is -2.49. The van der Waals surface area contributed by atoms with Gasteiger partial charge in [-0.2, -0.15) is 4.98 Å². The maximum absolute atomic E-state index is 12.0. The maximum atomic E-state index is 12.0. The highest BCUT2D eigenvalue weighted by molar-refractivity contribution is 5.90. The van der Waals surface area contributed by atoms with Crippen molar-refractivity contribution in [3.8, 4) is 0 Å². The fourth-order valence-electron chi connectivity index (χ4n) is 2.75. The van der Waals surface area contributed by atoms with Crippen molar-refractivity contribution in [2.24, 2.45) is 0 Å². The molecule has 1 atom stereocenters. The van der Waals surface area contributed by atoms with Crippen LogP contribution in [0.1, 0.15) is 30.4 Å². The van der Waals surface area contributed by atoms with E-state index in [1.54, 1.807) is 6.07 Å². The standard InChI is InChI=1S/C15H22N6O3/c1-10-8-14(23-18-10)17-13(22)9-20-4-6-21(7-5-20)11(2)15-16-12(3)19-24-15/h8,11H,4-7,9H2,1-3H3,(H,17,22). The number of hydrogen-bond donors (Lipinski definition) is 1. The van der Waals surface area contributed by atoms with Gasteiger partial charge < -0.3 is 9.05 Å². The van der Waals surface area contributed by atoms with Crippen LogP contribution in [0.4, 0.5) is 5.88 Å². The molecule has 1 N–H and O–H groups in total. The van der Waals surface area contributed by atoms with E-state index in [9.17, 15) is 4.79 Å². The Morgan fingerprint density at radius 3 is 2.58 bits per heavy atom. The average molecular weight is 334 g/mol. The Morgan fingerprint density at radius 1 is 1.25 bits per heavy atom. The number of carbonyl (C=O) groups excluding carboxylic acids is 1. The Balaban J connectivity index is 1.45. The fourth-order valence-corrected chi connectivity index (χ4v) is 2.75. The van der Waals surface area contributed by atoms with Gasteiger partial charge in [0.25, 0.3) is 0 Å². The molecule has 0 saturated carbocycles. The van der Waals surface area contributed by atoms with Crippen LogP contribution in [0.3, 0.4) is 0 Å². The summed E-state index contributed by atoms with van der Waals surface area (Å²) in [5.41, 5.74) is 0.740. The Kier molecular flexibility index (Phi) is 4.91. The van der Waals surface area contributed by atoms with E-state index in [0.29, 0.717) is 24.1 Å². The molecule has 9 nitrogen and oxygen atoms in total. The van der Waals surface area contributed by atoms with Gasteiger partial charge in [0.05, 0.1) is 18.3 Å². The van der Waals surface area contributed by atoms with Crippen molar-refractivity contribution >= 4 is 11.8 Å². The van der Waals surface area contributed by atoms with Crippen LogP contribution in [0.2, 0.25) is 0 Å². The molecule has 2 aromatic heterocycles. The minimum atomic E-state index is -0.0971. The minimum absolute atomic E-state index is 0.0827. The molecule has 1 fully saturated rings. The topological polar surface area (TPSA) is 101 Å². The fraction of sp³-hybridized carbons (Fsp3) is 0.600. The van der Waals surface area contributed by atoms with Crippen molar-refractivity contribution in [3.05, 3.63) is 23.5 Å². The van der Waals surface area contributed by atoms with Gasteiger partial charge in [-0.05, 0) is 20.8 Å². The highest BCUT2D eigenvalue weighted by atomic mass is 16.5. The Bertz CT molecular complexity index is 689. The van der Waals surface area contributed by atoms with Crippen LogP contribution in [0.25, 0.3) is 0 Å². The van der Waals surface area contributed by atoms with E-state index < -0.39 is 0 Å². The van der Waals surface area contributed by atoms with Gasteiger partial charge in [0, 0.05) is 32.2 Å². The second-order valence-electron chi connectivity index (χ2n) is 6.05. The lowest BCUT2D eigenvalue weighted by molar-refractivity contribution is -0.117. The number of nitrogens with zero attached hydrogens (tertiary/aromatic N) is 5. The van der Waals surface area contributed by atoms with Gasteiger partial charge in [0.2, 0.25) is 17.7 Å². The molecule has 3 rings (SSSR count). The lowest BCUT2D eigenvalue weighted by atomic mass is 10.2. The number of piperazine rings is 1. The van der Waals surface area contributed by atoms with E-state index in [2.05, 4.69) is 37.3 Å². The zero-order valence-electron chi connectivity index (χ0n) is 14.2. The van der Waals surface area contributed by atoms with Gasteiger partial charge in [-0.25, -0.2) is 0 Å². The summed E-state index contributed by atoms with van der Waals surface area (Å²) in [6.45, 7) is 9.31. The third kappa shape index (κ3) is 3.98. The van der Waals surface area contributed by atoms with Crippen molar-refractivity contribution in [2.75, 3.05) is 38.0 Å². The van der Waals surface area contributed by atoms with Crippen molar-refractivity contribution in [2.45, 2.75) is 26.8 Å². The molecule has 1 aliphatic rings. The Hall–Kier alpha value is -2.26. The number of amides is 1. The third-order valence-electron chi connectivity index (χ3n) is 4.11. The monoisotopic (exact) mass is 334 g/mol. The molecule has 0 aromatic carbocycles. The zero-order valence-corrected chi connectivity index (χ0v) is 14.2. The van der Waals surface area contributed by atoms with Gasteiger partial charge in [-0.1, -0.05) is 10.3 Å². The number of aromatic nitrogens is 3. The Morgan fingerprint density at radius 2 is 2.00 bits per heavy atom. The molecule has 0 radical (unpaired) electrons. The average Bonchev–Trinajstić information content (AvgIpc) is 3.16. The number of aryl methyl sites for hydroxylation is 2. The lowest BCUT2D eigenvalue weighted by Gasteiger charge is -2.36. The summed E-state index contributed by atoms with van der Waals surface area (Å²) in [6, 6.07) is 1.78. The molecule has 1 aliphatic heterocycles. The van der Waals surface area contributed by atoms with Gasteiger partial charge in [-0.15, -0.1) is 0 Å². The van der Waals surface area contributed by atoms with Crippen LogP contribution >= 0.6 is 0 Å². The van der Waals surface area contributed by atoms with Gasteiger partial charge in [0.15, 0.2) is 5.82 Å². The first kappa shape index (κ1) is 16.6. The SMILES string of the molecule is Cc1cc(NC(=O)CN2CCN(C(C)c3nc(C)no3)CC2)on1. The summed E-state index contributed by atoms with van der Waals surface area (Å²) in [6.07, 6.45) is 0. The van der Waals surface area contributed by atoms with Crippen LogP contribution < -0.4 is 5.32 Å². The van der Waals surface area contributed by atoms with Crippen LogP contribution in [-0.4, -0.2) is 63.7 Å². The summed E-state index contributed by atoms with van der Waals surface area (Å²) in [5, 5.41) is 10.3. The normalized spacial score (nSPS) is 17.8. The number of nitrogens with one attached hydrogen (secondary N) is 1. The van der Waals surface area contributed by atoms with Crippen molar-refractivity contribution < 1.29 is 13.8 Å². The summed E-state index contributed by atoms with van der Waals surface area (Å²) in [7, 11) is 0. The zero-order chi connectivity index (χ0) is 17.1. The van der Waals surface area contributed by atoms with E-state index in [1.807, 2.05) is 13.8 Å². The minimum Gasteiger partial charge on any atom is -0.338 e. The first-order valence-corrected chi connectivity index (χ1v) is 8.01. The molecule has 0 aliphatic carbocycles. The predicted octanol–water partition coefficient (Wildman–Crippen LogP) is 0.992. The predicted molar refractivity (Wildman–Crippen MR) is 85.3 cm³/mol. The molecule has 130 valence electrons. The Labute approximate surface area is 140 Å². The summed E-state index contributed by atoms with van der Waals surface area (Å²) >= 11 is 0. The first-order valence-electron chi connectivity index (χ1n) is 8.01. The van der Waals surface area contributed by atoms with E-state index in [0.717, 1.165) is 31.9 Å². The van der Waals surface area contributed by atoms with Crippen LogP contribution in [-0.2, 0) is 4.79 Å².